The lowest BCUT2D eigenvalue weighted by Crippen LogP contribution is -2.44. The molecular weight excluding hydrogens is 190 g/mol. The van der Waals surface area contributed by atoms with E-state index in [4.69, 9.17) is 10.5 Å². The molecule has 3 heteroatoms. The standard InChI is InChI=1S/C12H23NO2/c1-8-6-9(2)12(11(14)7-8)10(13)4-5-15-3/h8-10,12H,4-7,13H2,1-3H3. The van der Waals surface area contributed by atoms with Crippen molar-refractivity contribution in [2.24, 2.45) is 23.5 Å². The topological polar surface area (TPSA) is 52.3 Å². The van der Waals surface area contributed by atoms with Crippen LogP contribution >= 0.6 is 0 Å². The van der Waals surface area contributed by atoms with Gasteiger partial charge in [0, 0.05) is 32.1 Å². The number of hydrogen-bond donors (Lipinski definition) is 1. The van der Waals surface area contributed by atoms with Crippen LogP contribution in [0.4, 0.5) is 0 Å². The maximum Gasteiger partial charge on any atom is 0.138 e. The number of Topliss-reactive ketones (excluding diaryl/α,β-unsaturated/α-hetero) is 1. The second-order valence-electron chi connectivity index (χ2n) is 4.96. The summed E-state index contributed by atoms with van der Waals surface area (Å²) in [6.45, 7) is 4.93. The Morgan fingerprint density at radius 1 is 1.53 bits per heavy atom. The summed E-state index contributed by atoms with van der Waals surface area (Å²) in [5.74, 6) is 1.35. The highest BCUT2D eigenvalue weighted by Gasteiger charge is 2.35. The third-order valence-electron chi connectivity index (χ3n) is 3.43. The van der Waals surface area contributed by atoms with E-state index in [9.17, 15) is 4.79 Å². The van der Waals surface area contributed by atoms with Crippen molar-refractivity contribution in [1.29, 1.82) is 0 Å². The third kappa shape index (κ3) is 3.28. The van der Waals surface area contributed by atoms with Crippen LogP contribution in [-0.2, 0) is 9.53 Å². The van der Waals surface area contributed by atoms with Crippen LogP contribution in [0.1, 0.15) is 33.1 Å². The molecule has 0 amide bonds. The van der Waals surface area contributed by atoms with E-state index >= 15 is 0 Å². The minimum atomic E-state index is -0.0278. The van der Waals surface area contributed by atoms with Gasteiger partial charge in [0.2, 0.25) is 0 Å². The first-order chi connectivity index (χ1) is 7.06. The molecule has 0 radical (unpaired) electrons. The van der Waals surface area contributed by atoms with Crippen molar-refractivity contribution in [3.05, 3.63) is 0 Å². The number of carbonyl (C=O) groups is 1. The first-order valence-corrected chi connectivity index (χ1v) is 5.83. The molecule has 0 heterocycles. The molecule has 0 aromatic heterocycles. The lowest BCUT2D eigenvalue weighted by Gasteiger charge is -2.34. The Morgan fingerprint density at radius 3 is 2.73 bits per heavy atom. The van der Waals surface area contributed by atoms with E-state index in [1.165, 1.54) is 0 Å². The van der Waals surface area contributed by atoms with Gasteiger partial charge in [-0.1, -0.05) is 13.8 Å². The van der Waals surface area contributed by atoms with Gasteiger partial charge in [0.15, 0.2) is 0 Å². The summed E-state index contributed by atoms with van der Waals surface area (Å²) in [4.78, 5) is 11.9. The normalized spacial score (nSPS) is 34.1. The number of methoxy groups -OCH3 is 1. The lowest BCUT2D eigenvalue weighted by atomic mass is 9.71. The second kappa shape index (κ2) is 5.61. The van der Waals surface area contributed by atoms with Crippen LogP contribution < -0.4 is 5.73 Å². The van der Waals surface area contributed by atoms with Crippen molar-refractivity contribution in [3.63, 3.8) is 0 Å². The van der Waals surface area contributed by atoms with Crippen LogP contribution in [0, 0.1) is 17.8 Å². The fourth-order valence-electron chi connectivity index (χ4n) is 2.76. The SMILES string of the molecule is COCCC(N)C1C(=O)CC(C)CC1C. The lowest BCUT2D eigenvalue weighted by molar-refractivity contribution is -0.128. The average molecular weight is 213 g/mol. The summed E-state index contributed by atoms with van der Waals surface area (Å²) in [5, 5.41) is 0. The summed E-state index contributed by atoms with van der Waals surface area (Å²) in [6, 6.07) is -0.0278. The summed E-state index contributed by atoms with van der Waals surface area (Å²) in [7, 11) is 1.67. The molecule has 3 nitrogen and oxygen atoms in total. The molecule has 2 N–H and O–H groups in total. The van der Waals surface area contributed by atoms with E-state index in [0.29, 0.717) is 30.6 Å². The first kappa shape index (κ1) is 12.7. The molecule has 1 aliphatic carbocycles. The van der Waals surface area contributed by atoms with Crippen molar-refractivity contribution in [1.82, 2.24) is 0 Å². The largest absolute Gasteiger partial charge is 0.385 e. The van der Waals surface area contributed by atoms with Crippen LogP contribution in [-0.4, -0.2) is 25.5 Å². The molecule has 0 aromatic rings. The van der Waals surface area contributed by atoms with Gasteiger partial charge in [-0.15, -0.1) is 0 Å². The quantitative estimate of drug-likeness (QED) is 0.771. The first-order valence-electron chi connectivity index (χ1n) is 5.83. The molecule has 0 bridgehead atoms. The predicted molar refractivity (Wildman–Crippen MR) is 60.5 cm³/mol. The Bertz CT molecular complexity index is 218. The summed E-state index contributed by atoms with van der Waals surface area (Å²) < 4.78 is 5.00. The van der Waals surface area contributed by atoms with Crippen LogP contribution in [0.25, 0.3) is 0 Å². The van der Waals surface area contributed by atoms with Gasteiger partial charge < -0.3 is 10.5 Å². The molecule has 1 aliphatic rings. The highest BCUT2D eigenvalue weighted by atomic mass is 16.5. The maximum absolute atomic E-state index is 11.9. The van der Waals surface area contributed by atoms with Crippen LogP contribution in [0.3, 0.4) is 0 Å². The van der Waals surface area contributed by atoms with E-state index in [-0.39, 0.29) is 12.0 Å². The number of rotatable bonds is 4. The Kier molecular flexibility index (Phi) is 4.74. The van der Waals surface area contributed by atoms with Gasteiger partial charge in [-0.2, -0.15) is 0 Å². The van der Waals surface area contributed by atoms with Gasteiger partial charge >= 0.3 is 0 Å². The second-order valence-corrected chi connectivity index (χ2v) is 4.96. The number of ketones is 1. The van der Waals surface area contributed by atoms with Crippen molar-refractivity contribution < 1.29 is 9.53 Å². The fraction of sp³-hybridized carbons (Fsp3) is 0.917. The van der Waals surface area contributed by atoms with Crippen LogP contribution in [0.15, 0.2) is 0 Å². The van der Waals surface area contributed by atoms with Gasteiger partial charge in [-0.05, 0) is 24.7 Å². The third-order valence-corrected chi connectivity index (χ3v) is 3.43. The average Bonchev–Trinajstić information content (AvgIpc) is 2.12. The van der Waals surface area contributed by atoms with Gasteiger partial charge in [0.25, 0.3) is 0 Å². The highest BCUT2D eigenvalue weighted by Crippen LogP contribution is 2.33. The Labute approximate surface area is 92.4 Å². The van der Waals surface area contributed by atoms with Gasteiger partial charge in [-0.3, -0.25) is 4.79 Å². The van der Waals surface area contributed by atoms with Crippen molar-refractivity contribution in [2.45, 2.75) is 39.2 Å². The zero-order chi connectivity index (χ0) is 11.4. The zero-order valence-electron chi connectivity index (χ0n) is 10.0. The molecule has 1 fully saturated rings. The molecule has 15 heavy (non-hydrogen) atoms. The summed E-state index contributed by atoms with van der Waals surface area (Å²) in [6.07, 6.45) is 2.61. The van der Waals surface area contributed by atoms with Gasteiger partial charge in [0.05, 0.1) is 0 Å². The number of carbonyl (C=O) groups excluding carboxylic acids is 1. The summed E-state index contributed by atoms with van der Waals surface area (Å²) >= 11 is 0. The van der Waals surface area contributed by atoms with Crippen molar-refractivity contribution in [2.75, 3.05) is 13.7 Å². The predicted octanol–water partition coefficient (Wildman–Crippen LogP) is 1.60. The fourth-order valence-corrected chi connectivity index (χ4v) is 2.76. The maximum atomic E-state index is 11.9. The molecule has 4 atom stereocenters. The molecule has 1 rings (SSSR count). The number of nitrogens with two attached hydrogens (primary N) is 1. The smallest absolute Gasteiger partial charge is 0.138 e. The van der Waals surface area contributed by atoms with Crippen molar-refractivity contribution >= 4 is 5.78 Å². The molecule has 4 unspecified atom stereocenters. The van der Waals surface area contributed by atoms with Gasteiger partial charge in [-0.25, -0.2) is 0 Å². The Hall–Kier alpha value is -0.410. The number of ether oxygens (including phenoxy) is 1. The van der Waals surface area contributed by atoms with E-state index in [0.717, 1.165) is 12.8 Å². The zero-order valence-corrected chi connectivity index (χ0v) is 10.0. The molecule has 0 aliphatic heterocycles. The Balaban J connectivity index is 2.54. The minimum Gasteiger partial charge on any atom is -0.385 e. The minimum absolute atomic E-state index is 0.0278. The van der Waals surface area contributed by atoms with E-state index < -0.39 is 0 Å². The molecular formula is C12H23NO2. The van der Waals surface area contributed by atoms with E-state index in [2.05, 4.69) is 13.8 Å². The van der Waals surface area contributed by atoms with Crippen molar-refractivity contribution in [3.8, 4) is 0 Å². The van der Waals surface area contributed by atoms with Crippen LogP contribution in [0.2, 0.25) is 0 Å². The molecule has 0 saturated heterocycles. The molecule has 0 aromatic carbocycles. The van der Waals surface area contributed by atoms with Gasteiger partial charge in [0.1, 0.15) is 5.78 Å². The van der Waals surface area contributed by atoms with E-state index in [1.807, 2.05) is 0 Å². The molecule has 1 saturated carbocycles. The molecule has 0 spiro atoms. The highest BCUT2D eigenvalue weighted by molar-refractivity contribution is 5.83. The Morgan fingerprint density at radius 2 is 2.20 bits per heavy atom. The molecule has 88 valence electrons. The van der Waals surface area contributed by atoms with Crippen LogP contribution in [0.5, 0.6) is 0 Å². The van der Waals surface area contributed by atoms with E-state index in [1.54, 1.807) is 7.11 Å². The monoisotopic (exact) mass is 213 g/mol. The number of hydrogen-bond acceptors (Lipinski definition) is 3. The summed E-state index contributed by atoms with van der Waals surface area (Å²) in [5.41, 5.74) is 6.06.